The van der Waals surface area contributed by atoms with Crippen LogP contribution in [0.1, 0.15) is 5.56 Å². The predicted molar refractivity (Wildman–Crippen MR) is 81.4 cm³/mol. The lowest BCUT2D eigenvalue weighted by Gasteiger charge is -2.25. The number of nitrogens with zero attached hydrogens (tertiary/aromatic N) is 1. The van der Waals surface area contributed by atoms with Crippen molar-refractivity contribution in [2.24, 2.45) is 7.05 Å². The number of aryl methyl sites for hydroxylation is 2. The molecule has 0 aliphatic heterocycles. The first kappa shape index (κ1) is 13.2. The summed E-state index contributed by atoms with van der Waals surface area (Å²) in [5.74, 6) is 0. The summed E-state index contributed by atoms with van der Waals surface area (Å²) in [5, 5.41) is 0. The molecule has 0 fully saturated rings. The molecule has 0 aliphatic rings. The summed E-state index contributed by atoms with van der Waals surface area (Å²) < 4.78 is 2.21. The second-order valence-electron chi connectivity index (χ2n) is 5.51. The molecule has 1 aromatic heterocycles. The van der Waals surface area contributed by atoms with Crippen LogP contribution in [0.3, 0.4) is 0 Å². The fourth-order valence-electron chi connectivity index (χ4n) is 2.06. The molecule has 2 rings (SSSR count). The molecule has 0 radical (unpaired) electrons. The van der Waals surface area contributed by atoms with Crippen molar-refractivity contribution in [3.8, 4) is 11.3 Å². The lowest BCUT2D eigenvalue weighted by Crippen LogP contribution is -2.30. The van der Waals surface area contributed by atoms with Crippen molar-refractivity contribution < 1.29 is 4.57 Å². The third kappa shape index (κ3) is 2.59. The Morgan fingerprint density at radius 3 is 2.28 bits per heavy atom. The van der Waals surface area contributed by atoms with Crippen LogP contribution >= 0.6 is 10.0 Å². The van der Waals surface area contributed by atoms with Gasteiger partial charge in [-0.05, 0) is 37.3 Å². The average Bonchev–Trinajstić information content (AvgIpc) is 2.29. The highest BCUT2D eigenvalue weighted by atomic mass is 32.3. The minimum absolute atomic E-state index is 0.676. The summed E-state index contributed by atoms with van der Waals surface area (Å²) in [5.41, 5.74) is 3.95. The topological polar surface area (TPSA) is 3.88 Å². The number of hydrogen-bond acceptors (Lipinski definition) is 0. The molecule has 1 heterocycles. The van der Waals surface area contributed by atoms with E-state index in [1.165, 1.54) is 21.7 Å². The van der Waals surface area contributed by atoms with Gasteiger partial charge in [0.25, 0.3) is 0 Å². The first-order valence-electron chi connectivity index (χ1n) is 6.13. The monoisotopic (exact) mass is 260 g/mol. The van der Waals surface area contributed by atoms with Crippen molar-refractivity contribution in [3.63, 3.8) is 0 Å². The highest BCUT2D eigenvalue weighted by Gasteiger charge is 2.16. The number of rotatable bonds is 2. The largest absolute Gasteiger partial charge is 0.223 e. The summed E-state index contributed by atoms with van der Waals surface area (Å²) in [6.07, 6.45) is 9.19. The Hall–Kier alpha value is -1.28. The first-order chi connectivity index (χ1) is 8.39. The predicted octanol–water partition coefficient (Wildman–Crippen LogP) is 3.54. The van der Waals surface area contributed by atoms with Gasteiger partial charge in [-0.3, -0.25) is 0 Å². The van der Waals surface area contributed by atoms with Crippen molar-refractivity contribution in [1.82, 2.24) is 0 Å². The maximum absolute atomic E-state index is 2.34. The van der Waals surface area contributed by atoms with Gasteiger partial charge in [0.2, 0.25) is 5.69 Å². The minimum Gasteiger partial charge on any atom is -0.223 e. The maximum atomic E-state index is 2.34. The summed E-state index contributed by atoms with van der Waals surface area (Å²) >= 11 is 0. The van der Waals surface area contributed by atoms with E-state index in [-0.39, 0.29) is 0 Å². The van der Waals surface area contributed by atoms with Gasteiger partial charge in [0.1, 0.15) is 7.05 Å². The van der Waals surface area contributed by atoms with Crippen LogP contribution in [0.15, 0.2) is 47.5 Å². The van der Waals surface area contributed by atoms with Gasteiger partial charge in [-0.15, -0.1) is 0 Å². The molecule has 0 amide bonds. The van der Waals surface area contributed by atoms with Crippen molar-refractivity contribution in [1.29, 1.82) is 0 Å². The number of hydrogen-bond donors (Lipinski definition) is 0. The van der Waals surface area contributed by atoms with Crippen LogP contribution in [-0.2, 0) is 7.05 Å². The highest BCUT2D eigenvalue weighted by Crippen LogP contribution is 2.45. The minimum atomic E-state index is -0.676. The second kappa shape index (κ2) is 4.77. The molecule has 18 heavy (non-hydrogen) atoms. The van der Waals surface area contributed by atoms with Crippen molar-refractivity contribution in [2.75, 3.05) is 18.8 Å². The molecule has 2 heteroatoms. The van der Waals surface area contributed by atoms with Crippen LogP contribution in [0.4, 0.5) is 0 Å². The molecule has 0 unspecified atom stereocenters. The Morgan fingerprint density at radius 1 is 1.00 bits per heavy atom. The molecular formula is C16H22NS+. The molecule has 0 N–H and O–H groups in total. The van der Waals surface area contributed by atoms with Gasteiger partial charge < -0.3 is 0 Å². The van der Waals surface area contributed by atoms with E-state index in [1.807, 2.05) is 0 Å². The third-order valence-corrected chi connectivity index (χ3v) is 4.92. The molecule has 2 aromatic rings. The highest BCUT2D eigenvalue weighted by molar-refractivity contribution is 8.32. The van der Waals surface area contributed by atoms with Gasteiger partial charge in [-0.1, -0.05) is 18.2 Å². The van der Waals surface area contributed by atoms with E-state index in [2.05, 4.69) is 79.9 Å². The second-order valence-corrected chi connectivity index (χ2v) is 9.66. The van der Waals surface area contributed by atoms with Gasteiger partial charge in [0, 0.05) is 22.6 Å². The SMILES string of the molecule is Cc1ccccc1-c1cc(S(C)(C)C)cc[n+]1C. The van der Waals surface area contributed by atoms with E-state index in [9.17, 15) is 0 Å². The average molecular weight is 260 g/mol. The molecule has 0 spiro atoms. The summed E-state index contributed by atoms with van der Waals surface area (Å²) in [6.45, 7) is 2.17. The lowest BCUT2D eigenvalue weighted by atomic mass is 10.1. The molecule has 0 saturated carbocycles. The Bertz CT molecular complexity index is 568. The van der Waals surface area contributed by atoms with E-state index in [0.29, 0.717) is 0 Å². The van der Waals surface area contributed by atoms with E-state index in [4.69, 9.17) is 0 Å². The van der Waals surface area contributed by atoms with Crippen LogP contribution in [0, 0.1) is 6.92 Å². The van der Waals surface area contributed by atoms with Gasteiger partial charge in [-0.25, -0.2) is 14.6 Å². The Balaban J connectivity index is 2.61. The lowest BCUT2D eigenvalue weighted by molar-refractivity contribution is -0.660. The van der Waals surface area contributed by atoms with Crippen molar-refractivity contribution >= 4 is 10.0 Å². The maximum Gasteiger partial charge on any atom is 0.213 e. The summed E-state index contributed by atoms with van der Waals surface area (Å²) in [7, 11) is 1.44. The molecule has 0 atom stereocenters. The number of aromatic nitrogens is 1. The van der Waals surface area contributed by atoms with E-state index in [1.54, 1.807) is 0 Å². The Labute approximate surface area is 112 Å². The van der Waals surface area contributed by atoms with Crippen LogP contribution in [0.5, 0.6) is 0 Å². The zero-order chi connectivity index (χ0) is 13.3. The summed E-state index contributed by atoms with van der Waals surface area (Å²) in [4.78, 5) is 1.46. The Morgan fingerprint density at radius 2 is 1.67 bits per heavy atom. The van der Waals surface area contributed by atoms with Gasteiger partial charge in [0.05, 0.1) is 0 Å². The first-order valence-corrected chi connectivity index (χ1v) is 8.99. The Kier molecular flexibility index (Phi) is 3.49. The normalized spacial score (nSPS) is 12.5. The van der Waals surface area contributed by atoms with E-state index >= 15 is 0 Å². The number of benzene rings is 1. The fourth-order valence-corrected chi connectivity index (χ4v) is 2.99. The molecule has 96 valence electrons. The molecule has 0 saturated heterocycles. The zero-order valence-electron chi connectivity index (χ0n) is 11.9. The quantitative estimate of drug-likeness (QED) is 0.727. The number of pyridine rings is 1. The van der Waals surface area contributed by atoms with Gasteiger partial charge in [0.15, 0.2) is 6.20 Å². The molecule has 1 nitrogen and oxygen atoms in total. The molecular weight excluding hydrogens is 238 g/mol. The summed E-state index contributed by atoms with van der Waals surface area (Å²) in [6, 6.07) is 13.2. The zero-order valence-corrected chi connectivity index (χ0v) is 12.7. The van der Waals surface area contributed by atoms with Gasteiger partial charge in [-0.2, -0.15) is 0 Å². The fraction of sp³-hybridized carbons (Fsp3) is 0.312. The van der Waals surface area contributed by atoms with E-state index in [0.717, 1.165) is 0 Å². The van der Waals surface area contributed by atoms with Crippen molar-refractivity contribution in [2.45, 2.75) is 11.8 Å². The third-order valence-electron chi connectivity index (χ3n) is 3.25. The van der Waals surface area contributed by atoms with Gasteiger partial charge >= 0.3 is 0 Å². The van der Waals surface area contributed by atoms with Crippen LogP contribution in [-0.4, -0.2) is 18.8 Å². The smallest absolute Gasteiger partial charge is 0.213 e. The van der Waals surface area contributed by atoms with Crippen LogP contribution < -0.4 is 4.57 Å². The van der Waals surface area contributed by atoms with Crippen LogP contribution in [0.25, 0.3) is 11.3 Å². The van der Waals surface area contributed by atoms with Crippen LogP contribution in [0.2, 0.25) is 0 Å². The van der Waals surface area contributed by atoms with E-state index < -0.39 is 10.0 Å². The molecule has 0 bridgehead atoms. The van der Waals surface area contributed by atoms with Crippen molar-refractivity contribution in [3.05, 3.63) is 48.2 Å². The molecule has 0 aliphatic carbocycles. The molecule has 1 aromatic carbocycles. The standard InChI is InChI=1S/C16H22NS/c1-13-8-6-7-9-15(13)16-12-14(18(3,4)5)10-11-17(16)2/h6-12H,1-5H3/q+1.